The standard InChI is InChI=1S/C14H21BrN4O2S/c1-20-14-12(7-11(15)8-16-14)13-9-17-19(18-13)10-21-5-6-22(2,3)4/h7-9H,5-6,10H2,1-4H3. The average molecular weight is 389 g/mol. The van der Waals surface area contributed by atoms with Crippen LogP contribution in [0.5, 0.6) is 5.88 Å². The molecule has 0 radical (unpaired) electrons. The van der Waals surface area contributed by atoms with Crippen molar-refractivity contribution < 1.29 is 9.47 Å². The van der Waals surface area contributed by atoms with Crippen molar-refractivity contribution in [3.63, 3.8) is 0 Å². The molecule has 0 atom stereocenters. The lowest BCUT2D eigenvalue weighted by Crippen LogP contribution is -2.11. The zero-order chi connectivity index (χ0) is 16.2. The maximum absolute atomic E-state index is 5.63. The Hall–Kier alpha value is -1.12. The van der Waals surface area contributed by atoms with E-state index in [1.165, 1.54) is 4.80 Å². The second-order valence-corrected chi connectivity index (χ2v) is 11.2. The van der Waals surface area contributed by atoms with E-state index >= 15 is 0 Å². The summed E-state index contributed by atoms with van der Waals surface area (Å²) in [7, 11) is 1.05. The van der Waals surface area contributed by atoms with Crippen molar-refractivity contribution in [3.8, 4) is 17.1 Å². The summed E-state index contributed by atoms with van der Waals surface area (Å²) in [5.41, 5.74) is 1.50. The Morgan fingerprint density at radius 2 is 2.05 bits per heavy atom. The number of ether oxygens (including phenoxy) is 2. The van der Waals surface area contributed by atoms with Crippen LogP contribution in [0.4, 0.5) is 0 Å². The minimum absolute atomic E-state index is 0.346. The van der Waals surface area contributed by atoms with Gasteiger partial charge in [0.1, 0.15) is 5.69 Å². The van der Waals surface area contributed by atoms with Crippen LogP contribution in [0, 0.1) is 0 Å². The van der Waals surface area contributed by atoms with Crippen molar-refractivity contribution in [1.29, 1.82) is 0 Å². The number of hydrogen-bond acceptors (Lipinski definition) is 5. The van der Waals surface area contributed by atoms with Gasteiger partial charge in [0.25, 0.3) is 0 Å². The molecule has 0 spiro atoms. The van der Waals surface area contributed by atoms with E-state index in [0.29, 0.717) is 18.3 Å². The molecule has 0 unspecified atom stereocenters. The molecule has 2 rings (SSSR count). The molecule has 2 aromatic heterocycles. The highest BCUT2D eigenvalue weighted by Crippen LogP contribution is 2.33. The molecule has 0 N–H and O–H groups in total. The van der Waals surface area contributed by atoms with Gasteiger partial charge in [-0.15, -0.1) is 0 Å². The van der Waals surface area contributed by atoms with Gasteiger partial charge in [0.15, 0.2) is 6.73 Å². The normalized spacial score (nSPS) is 12.4. The molecule has 2 heterocycles. The van der Waals surface area contributed by atoms with Crippen LogP contribution in [0.15, 0.2) is 22.9 Å². The second-order valence-electron chi connectivity index (χ2n) is 5.64. The van der Waals surface area contributed by atoms with Crippen LogP contribution in [-0.2, 0) is 11.5 Å². The maximum Gasteiger partial charge on any atom is 0.222 e. The van der Waals surface area contributed by atoms with Crippen LogP contribution >= 0.6 is 26.0 Å². The number of halogens is 1. The van der Waals surface area contributed by atoms with E-state index in [1.807, 2.05) is 6.07 Å². The fourth-order valence-corrected chi connectivity index (χ4v) is 2.66. The Morgan fingerprint density at radius 1 is 1.27 bits per heavy atom. The minimum atomic E-state index is -0.535. The Balaban J connectivity index is 2.01. The summed E-state index contributed by atoms with van der Waals surface area (Å²) in [6.45, 7) is 1.07. The third-order valence-electron chi connectivity index (χ3n) is 2.87. The molecule has 0 aromatic carbocycles. The molecule has 2 aromatic rings. The molecule has 0 bridgehead atoms. The highest BCUT2D eigenvalue weighted by atomic mass is 79.9. The van der Waals surface area contributed by atoms with E-state index in [1.54, 1.807) is 19.5 Å². The summed E-state index contributed by atoms with van der Waals surface area (Å²) in [6.07, 6.45) is 10.2. The van der Waals surface area contributed by atoms with E-state index < -0.39 is 10.0 Å². The van der Waals surface area contributed by atoms with E-state index in [9.17, 15) is 0 Å². The molecule has 0 aliphatic carbocycles. The van der Waals surface area contributed by atoms with Crippen LogP contribution in [0.25, 0.3) is 11.3 Å². The predicted octanol–water partition coefficient (Wildman–Crippen LogP) is 2.78. The molecule has 6 nitrogen and oxygen atoms in total. The quantitative estimate of drug-likeness (QED) is 0.682. The summed E-state index contributed by atoms with van der Waals surface area (Å²) in [4.78, 5) is 5.75. The monoisotopic (exact) mass is 388 g/mol. The van der Waals surface area contributed by atoms with Crippen LogP contribution < -0.4 is 4.74 Å². The third kappa shape index (κ3) is 4.96. The first-order valence-corrected chi connectivity index (χ1v) is 10.5. The number of pyridine rings is 1. The molecule has 122 valence electrons. The van der Waals surface area contributed by atoms with Crippen molar-refractivity contribution in [3.05, 3.63) is 22.9 Å². The van der Waals surface area contributed by atoms with E-state index in [-0.39, 0.29) is 0 Å². The van der Waals surface area contributed by atoms with Crippen LogP contribution in [0.3, 0.4) is 0 Å². The summed E-state index contributed by atoms with van der Waals surface area (Å²) in [5, 5.41) is 8.63. The minimum Gasteiger partial charge on any atom is -0.481 e. The van der Waals surface area contributed by atoms with Gasteiger partial charge in [0.2, 0.25) is 5.88 Å². The van der Waals surface area contributed by atoms with E-state index in [4.69, 9.17) is 9.47 Å². The topological polar surface area (TPSA) is 62.1 Å². The van der Waals surface area contributed by atoms with Crippen molar-refractivity contribution in [2.24, 2.45) is 0 Å². The van der Waals surface area contributed by atoms with Gasteiger partial charge in [0, 0.05) is 16.4 Å². The van der Waals surface area contributed by atoms with Gasteiger partial charge >= 0.3 is 0 Å². The van der Waals surface area contributed by atoms with Gasteiger partial charge in [-0.2, -0.15) is 15.0 Å². The number of hydrogen-bond donors (Lipinski definition) is 0. The first kappa shape index (κ1) is 17.2. The van der Waals surface area contributed by atoms with Crippen LogP contribution in [0.2, 0.25) is 0 Å². The largest absolute Gasteiger partial charge is 0.481 e. The van der Waals surface area contributed by atoms with Gasteiger partial charge in [-0.1, -0.05) is 0 Å². The summed E-state index contributed by atoms with van der Waals surface area (Å²) >= 11 is 3.40. The molecule has 22 heavy (non-hydrogen) atoms. The van der Waals surface area contributed by atoms with Crippen LogP contribution in [-0.4, -0.2) is 58.2 Å². The Morgan fingerprint density at radius 3 is 2.73 bits per heavy atom. The van der Waals surface area contributed by atoms with Crippen LogP contribution in [0.1, 0.15) is 0 Å². The number of aromatic nitrogens is 4. The molecular formula is C14H21BrN4O2S. The summed E-state index contributed by atoms with van der Waals surface area (Å²) in [6, 6.07) is 1.91. The fourth-order valence-electron chi connectivity index (χ4n) is 1.71. The predicted molar refractivity (Wildman–Crippen MR) is 93.7 cm³/mol. The molecule has 0 fully saturated rings. The zero-order valence-corrected chi connectivity index (χ0v) is 15.6. The van der Waals surface area contributed by atoms with Crippen molar-refractivity contribution in [2.45, 2.75) is 6.73 Å². The molecule has 8 heteroatoms. The fraction of sp³-hybridized carbons (Fsp3) is 0.500. The lowest BCUT2D eigenvalue weighted by molar-refractivity contribution is 0.0708. The Labute approximate surface area is 140 Å². The smallest absolute Gasteiger partial charge is 0.222 e. The van der Waals surface area contributed by atoms with Crippen molar-refractivity contribution in [1.82, 2.24) is 20.0 Å². The average Bonchev–Trinajstić information content (AvgIpc) is 2.91. The summed E-state index contributed by atoms with van der Waals surface area (Å²) in [5.74, 6) is 1.59. The third-order valence-corrected chi connectivity index (χ3v) is 4.70. The van der Waals surface area contributed by atoms with Gasteiger partial charge < -0.3 is 9.47 Å². The van der Waals surface area contributed by atoms with E-state index in [0.717, 1.165) is 22.4 Å². The Kier molecular flexibility index (Phi) is 5.82. The van der Waals surface area contributed by atoms with Crippen molar-refractivity contribution >= 4 is 26.0 Å². The van der Waals surface area contributed by atoms with E-state index in [2.05, 4.69) is 49.9 Å². The zero-order valence-electron chi connectivity index (χ0n) is 13.2. The van der Waals surface area contributed by atoms with Crippen molar-refractivity contribution in [2.75, 3.05) is 38.2 Å². The molecule has 0 aliphatic heterocycles. The lowest BCUT2D eigenvalue weighted by atomic mass is 10.2. The molecule has 0 saturated heterocycles. The maximum atomic E-state index is 5.63. The molecule has 0 amide bonds. The van der Waals surface area contributed by atoms with Gasteiger partial charge in [-0.05, 0) is 40.8 Å². The second kappa shape index (κ2) is 7.43. The summed E-state index contributed by atoms with van der Waals surface area (Å²) < 4.78 is 11.8. The van der Waals surface area contributed by atoms with Gasteiger partial charge in [0.05, 0.1) is 25.5 Å². The SMILES string of the molecule is COc1ncc(Br)cc1-c1cnn(COCCS(C)(C)C)n1. The number of rotatable bonds is 7. The number of nitrogens with zero attached hydrogens (tertiary/aromatic N) is 4. The molecule has 0 aliphatic rings. The highest BCUT2D eigenvalue weighted by Gasteiger charge is 2.12. The lowest BCUT2D eigenvalue weighted by Gasteiger charge is -2.24. The van der Waals surface area contributed by atoms with Gasteiger partial charge in [-0.3, -0.25) is 0 Å². The Bertz CT molecular complexity index is 628. The molecular weight excluding hydrogens is 368 g/mol. The first-order chi connectivity index (χ1) is 10.4. The molecule has 0 saturated carbocycles. The van der Waals surface area contributed by atoms with Gasteiger partial charge in [-0.25, -0.2) is 15.0 Å². The number of methoxy groups -OCH3 is 1. The highest BCUT2D eigenvalue weighted by molar-refractivity contribution is 9.10. The first-order valence-electron chi connectivity index (χ1n) is 6.73.